The highest BCUT2D eigenvalue weighted by atomic mass is 32.1. The number of anilines is 3. The maximum atomic E-state index is 13.8. The number of aromatic nitrogens is 1. The Hall–Kier alpha value is -5.17. The van der Waals surface area contributed by atoms with Crippen LogP contribution in [0.5, 0.6) is 11.5 Å². The van der Waals surface area contributed by atoms with Gasteiger partial charge in [-0.3, -0.25) is 14.5 Å². The van der Waals surface area contributed by atoms with Gasteiger partial charge in [0.2, 0.25) is 5.91 Å². The van der Waals surface area contributed by atoms with E-state index in [1.165, 1.54) is 11.3 Å². The largest absolute Gasteiger partial charge is 0.457 e. The van der Waals surface area contributed by atoms with Crippen LogP contribution in [0.2, 0.25) is 0 Å². The summed E-state index contributed by atoms with van der Waals surface area (Å²) in [4.78, 5) is 59.2. The Labute approximate surface area is 282 Å². The molecule has 4 N–H and O–H groups in total. The minimum Gasteiger partial charge on any atom is -0.457 e. The van der Waals surface area contributed by atoms with Crippen LogP contribution in [0.25, 0.3) is 10.2 Å². The van der Waals surface area contributed by atoms with Crippen molar-refractivity contribution in [2.45, 2.75) is 71.1 Å². The summed E-state index contributed by atoms with van der Waals surface area (Å²) in [5.41, 5.74) is 1.85. The summed E-state index contributed by atoms with van der Waals surface area (Å²) in [5, 5.41) is 12.2. The molecular formula is C35H38N6O6S. The van der Waals surface area contributed by atoms with Crippen LogP contribution in [0.15, 0.2) is 60.8 Å². The molecule has 3 heterocycles. The first kappa shape index (κ1) is 32.8. The summed E-state index contributed by atoms with van der Waals surface area (Å²) < 4.78 is 11.2. The molecule has 13 heteroatoms. The number of thiophene rings is 1. The number of para-hydroxylation sites is 1. The summed E-state index contributed by atoms with van der Waals surface area (Å²) in [6.45, 7) is 6.90. The average molecular weight is 671 g/mol. The lowest BCUT2D eigenvalue weighted by Gasteiger charge is -2.33. The summed E-state index contributed by atoms with van der Waals surface area (Å²) in [6, 6.07) is 15.7. The highest BCUT2D eigenvalue weighted by Crippen LogP contribution is 2.46. The van der Waals surface area contributed by atoms with Crippen LogP contribution >= 0.6 is 11.3 Å². The van der Waals surface area contributed by atoms with Gasteiger partial charge in [-0.05, 0) is 82.5 Å². The Kier molecular flexibility index (Phi) is 9.22. The molecule has 0 bridgehead atoms. The fraction of sp³-hybridized carbons (Fsp3) is 0.343. The van der Waals surface area contributed by atoms with E-state index in [9.17, 15) is 19.2 Å². The number of ether oxygens (including phenoxy) is 2. The molecule has 0 unspecified atom stereocenters. The smallest absolute Gasteiger partial charge is 0.408 e. The first-order valence-electron chi connectivity index (χ1n) is 15.9. The summed E-state index contributed by atoms with van der Waals surface area (Å²) in [7, 11) is 0. The second-order valence-corrected chi connectivity index (χ2v) is 13.8. The molecule has 5 amide bonds. The van der Waals surface area contributed by atoms with Gasteiger partial charge >= 0.3 is 12.1 Å². The Morgan fingerprint density at radius 2 is 1.71 bits per heavy atom. The molecule has 1 aliphatic heterocycles. The SMILES string of the molecule is Cc1cc(Oc2ccccc2)ccc1N1C(=O)Nc2c(C(=O)N[C@@H]3CCCC[C@H]3NC(=O)CNC(=O)OC(C)(C)C)sc3nccc1c23. The fourth-order valence-electron chi connectivity index (χ4n) is 5.99. The van der Waals surface area contributed by atoms with Crippen LogP contribution in [0.3, 0.4) is 0 Å². The third-order valence-electron chi connectivity index (χ3n) is 8.06. The topological polar surface area (TPSA) is 151 Å². The molecule has 48 heavy (non-hydrogen) atoms. The molecule has 1 aliphatic carbocycles. The van der Waals surface area contributed by atoms with Gasteiger partial charge in [-0.1, -0.05) is 31.0 Å². The second kappa shape index (κ2) is 13.5. The zero-order chi connectivity index (χ0) is 34.0. The standard InChI is InChI=1S/C35H38N6O6S/c1-20-18-22(46-21-10-6-5-7-11-21)14-15-25(20)41-26-16-17-36-32-28(26)29(40-33(41)44)30(48-32)31(43)39-24-13-9-8-12-23(24)38-27(42)19-37-34(45)47-35(2,3)4/h5-7,10-11,14-18,23-24H,8-9,12-13,19H2,1-4H3,(H,37,45)(H,38,42)(H,39,43)(H,40,44)/t23-,24-/m1/s1. The highest BCUT2D eigenvalue weighted by molar-refractivity contribution is 7.21. The molecule has 12 nitrogen and oxygen atoms in total. The van der Waals surface area contributed by atoms with E-state index in [1.54, 1.807) is 37.9 Å². The molecule has 2 atom stereocenters. The van der Waals surface area contributed by atoms with E-state index in [4.69, 9.17) is 9.47 Å². The highest BCUT2D eigenvalue weighted by Gasteiger charge is 2.35. The predicted octanol–water partition coefficient (Wildman–Crippen LogP) is 6.76. The first-order chi connectivity index (χ1) is 23.0. The Bertz CT molecular complexity index is 1870. The minimum absolute atomic E-state index is 0.244. The van der Waals surface area contributed by atoms with Crippen molar-refractivity contribution in [3.63, 3.8) is 0 Å². The number of nitrogens with one attached hydrogen (secondary N) is 4. The Balaban J connectivity index is 1.19. The van der Waals surface area contributed by atoms with Crippen molar-refractivity contribution >= 4 is 62.6 Å². The second-order valence-electron chi connectivity index (χ2n) is 12.8. The van der Waals surface area contributed by atoms with Crippen molar-refractivity contribution in [3.05, 3.63) is 71.2 Å². The molecule has 250 valence electrons. The lowest BCUT2D eigenvalue weighted by Crippen LogP contribution is -2.54. The molecule has 0 radical (unpaired) electrons. The number of hydrogen-bond donors (Lipinski definition) is 4. The Morgan fingerprint density at radius 1 is 0.979 bits per heavy atom. The normalized spacial score (nSPS) is 17.3. The molecular weight excluding hydrogens is 632 g/mol. The fourth-order valence-corrected chi connectivity index (χ4v) is 7.01. The van der Waals surface area contributed by atoms with Gasteiger partial charge in [-0.2, -0.15) is 0 Å². The van der Waals surface area contributed by atoms with Crippen LogP contribution in [0.1, 0.15) is 61.7 Å². The maximum absolute atomic E-state index is 13.8. The van der Waals surface area contributed by atoms with E-state index < -0.39 is 17.7 Å². The predicted molar refractivity (Wildman–Crippen MR) is 184 cm³/mol. The number of carbonyl (C=O) groups excluding carboxylic acids is 4. The molecule has 6 rings (SSSR count). The minimum atomic E-state index is -0.679. The third kappa shape index (κ3) is 7.20. The number of benzene rings is 2. The van der Waals surface area contributed by atoms with Crippen molar-refractivity contribution < 1.29 is 28.7 Å². The van der Waals surface area contributed by atoms with E-state index in [2.05, 4.69) is 26.3 Å². The zero-order valence-electron chi connectivity index (χ0n) is 27.2. The number of urea groups is 1. The number of alkyl carbamates (subject to hydrolysis) is 1. The average Bonchev–Trinajstić information content (AvgIpc) is 3.41. The Morgan fingerprint density at radius 3 is 2.42 bits per heavy atom. The van der Waals surface area contributed by atoms with Gasteiger partial charge in [0.05, 0.1) is 22.4 Å². The molecule has 0 spiro atoms. The number of hydrogen-bond acceptors (Lipinski definition) is 8. The van der Waals surface area contributed by atoms with Gasteiger partial charge in [0.25, 0.3) is 5.91 Å². The summed E-state index contributed by atoms with van der Waals surface area (Å²) in [5.74, 6) is 0.623. The van der Waals surface area contributed by atoms with Crippen LogP contribution < -0.4 is 30.9 Å². The van der Waals surface area contributed by atoms with Gasteiger partial charge in [0.1, 0.15) is 33.4 Å². The number of aryl methyl sites for hydroxylation is 1. The number of rotatable bonds is 8. The molecule has 2 aliphatic rings. The van der Waals surface area contributed by atoms with E-state index in [-0.39, 0.29) is 30.4 Å². The van der Waals surface area contributed by atoms with Gasteiger partial charge in [-0.15, -0.1) is 11.3 Å². The van der Waals surface area contributed by atoms with Crippen LogP contribution in [0, 0.1) is 6.92 Å². The summed E-state index contributed by atoms with van der Waals surface area (Å²) in [6.07, 6.45) is 4.08. The van der Waals surface area contributed by atoms with E-state index in [0.717, 1.165) is 18.4 Å². The van der Waals surface area contributed by atoms with E-state index >= 15 is 0 Å². The lowest BCUT2D eigenvalue weighted by atomic mass is 9.90. The van der Waals surface area contributed by atoms with Gasteiger partial charge in [0.15, 0.2) is 0 Å². The van der Waals surface area contributed by atoms with Gasteiger partial charge in [0, 0.05) is 18.3 Å². The van der Waals surface area contributed by atoms with Crippen LogP contribution in [0.4, 0.5) is 26.7 Å². The summed E-state index contributed by atoms with van der Waals surface area (Å²) >= 11 is 1.20. The molecule has 0 saturated heterocycles. The van der Waals surface area contributed by atoms with E-state index in [0.29, 0.717) is 56.5 Å². The molecule has 2 aromatic carbocycles. The van der Waals surface area contributed by atoms with Crippen molar-refractivity contribution in [3.8, 4) is 11.5 Å². The van der Waals surface area contributed by atoms with Crippen molar-refractivity contribution in [1.29, 1.82) is 0 Å². The van der Waals surface area contributed by atoms with Gasteiger partial charge < -0.3 is 30.7 Å². The van der Waals surface area contributed by atoms with Crippen molar-refractivity contribution in [1.82, 2.24) is 20.9 Å². The maximum Gasteiger partial charge on any atom is 0.408 e. The quantitative estimate of drug-likeness (QED) is 0.162. The third-order valence-corrected chi connectivity index (χ3v) is 9.16. The molecule has 1 saturated carbocycles. The number of amides is 5. The number of nitrogens with zero attached hydrogens (tertiary/aromatic N) is 2. The van der Waals surface area contributed by atoms with Gasteiger partial charge in [-0.25, -0.2) is 14.6 Å². The molecule has 1 fully saturated rings. The number of carbonyl (C=O) groups is 4. The molecule has 4 aromatic rings. The number of pyridine rings is 1. The van der Waals surface area contributed by atoms with Crippen molar-refractivity contribution in [2.75, 3.05) is 16.8 Å². The first-order valence-corrected chi connectivity index (χ1v) is 16.7. The van der Waals surface area contributed by atoms with Crippen LogP contribution in [-0.4, -0.2) is 53.2 Å². The lowest BCUT2D eigenvalue weighted by molar-refractivity contribution is -0.121. The monoisotopic (exact) mass is 670 g/mol. The molecule has 2 aromatic heterocycles. The zero-order valence-corrected chi connectivity index (χ0v) is 28.0. The van der Waals surface area contributed by atoms with Crippen LogP contribution in [-0.2, 0) is 9.53 Å². The van der Waals surface area contributed by atoms with Crippen molar-refractivity contribution in [2.24, 2.45) is 0 Å². The van der Waals surface area contributed by atoms with E-state index in [1.807, 2.05) is 55.5 Å².